The van der Waals surface area contributed by atoms with Gasteiger partial charge in [0.1, 0.15) is 5.76 Å². The number of carbonyl (C=O) groups is 1. The molecule has 0 spiro atoms. The summed E-state index contributed by atoms with van der Waals surface area (Å²) in [5.41, 5.74) is 9.31. The van der Waals surface area contributed by atoms with E-state index in [1.54, 1.807) is 31.2 Å². The summed E-state index contributed by atoms with van der Waals surface area (Å²) in [6.07, 6.45) is 0. The molecule has 0 radical (unpaired) electrons. The molecule has 0 unspecified atom stereocenters. The number of aryl methyl sites for hydroxylation is 1. The lowest BCUT2D eigenvalue weighted by Crippen LogP contribution is -2.30. The van der Waals surface area contributed by atoms with E-state index in [0.29, 0.717) is 22.2 Å². The number of nitrogen functional groups attached to an aromatic ring is 2. The molecule has 2 rings (SSSR count). The van der Waals surface area contributed by atoms with Crippen LogP contribution in [0.5, 0.6) is 0 Å². The third-order valence-electron chi connectivity index (χ3n) is 2.65. The number of thioether (sulfide) groups is 1. The van der Waals surface area contributed by atoms with Crippen molar-refractivity contribution in [3.63, 3.8) is 0 Å². The van der Waals surface area contributed by atoms with Crippen LogP contribution in [0.1, 0.15) is 21.9 Å². The van der Waals surface area contributed by atoms with Crippen molar-refractivity contribution in [3.8, 4) is 0 Å². The Hall–Kier alpha value is -1.63. The number of nitrogens with two attached hydrogens (primary N) is 2. The number of carbonyl (C=O) groups excluding carboxylic acids is 1. The van der Waals surface area contributed by atoms with E-state index in [4.69, 9.17) is 27.6 Å². The zero-order valence-electron chi connectivity index (χ0n) is 10.8. The van der Waals surface area contributed by atoms with Crippen LogP contribution in [0.2, 0.25) is 5.02 Å². The number of amides is 1. The zero-order valence-corrected chi connectivity index (χ0v) is 12.3. The molecule has 20 heavy (non-hydrogen) atoms. The average Bonchev–Trinajstić information content (AvgIpc) is 2.80. The first kappa shape index (κ1) is 14.8. The molecule has 0 saturated carbocycles. The van der Waals surface area contributed by atoms with E-state index in [2.05, 4.69) is 0 Å². The molecule has 0 bridgehead atoms. The number of benzene rings is 1. The predicted molar refractivity (Wildman–Crippen MR) is 80.5 cm³/mol. The van der Waals surface area contributed by atoms with Gasteiger partial charge in [-0.1, -0.05) is 11.6 Å². The maximum atomic E-state index is 11.4. The number of rotatable bonds is 4. The van der Waals surface area contributed by atoms with Gasteiger partial charge in [0.2, 0.25) is 0 Å². The lowest BCUT2D eigenvalue weighted by Gasteiger charge is -2.04. The molecule has 0 aliphatic heterocycles. The first-order chi connectivity index (χ1) is 9.51. The van der Waals surface area contributed by atoms with Gasteiger partial charge in [-0.3, -0.25) is 10.2 Å². The number of anilines is 1. The van der Waals surface area contributed by atoms with Crippen molar-refractivity contribution in [2.45, 2.75) is 17.6 Å². The van der Waals surface area contributed by atoms with Crippen molar-refractivity contribution in [1.29, 1.82) is 0 Å². The molecule has 0 saturated heterocycles. The summed E-state index contributed by atoms with van der Waals surface area (Å²) in [6, 6.07) is 7.09. The molecule has 1 aromatic heterocycles. The van der Waals surface area contributed by atoms with Crippen LogP contribution >= 0.6 is 23.4 Å². The van der Waals surface area contributed by atoms with E-state index in [1.165, 1.54) is 11.8 Å². The van der Waals surface area contributed by atoms with E-state index in [1.807, 2.05) is 5.43 Å². The van der Waals surface area contributed by atoms with Crippen molar-refractivity contribution in [2.75, 3.05) is 5.73 Å². The molecule has 7 heteroatoms. The standard InChI is InChI=1S/C13H14ClN3O2S/c1-7-4-9(19-12(7)13(18)17-16)6-20-11-5-8(14)2-3-10(11)15/h2-5H,6,15-16H2,1H3,(H,17,18). The molecular weight excluding hydrogens is 298 g/mol. The minimum absolute atomic E-state index is 0.224. The van der Waals surface area contributed by atoms with Gasteiger partial charge in [0, 0.05) is 21.2 Å². The third kappa shape index (κ3) is 3.27. The summed E-state index contributed by atoms with van der Waals surface area (Å²) < 4.78 is 5.47. The summed E-state index contributed by atoms with van der Waals surface area (Å²) in [7, 11) is 0. The lowest BCUT2D eigenvalue weighted by atomic mass is 10.2. The highest BCUT2D eigenvalue weighted by Crippen LogP contribution is 2.31. The molecule has 0 atom stereocenters. The summed E-state index contributed by atoms with van der Waals surface area (Å²) in [5, 5.41) is 0.625. The highest BCUT2D eigenvalue weighted by Gasteiger charge is 2.15. The first-order valence-electron chi connectivity index (χ1n) is 5.79. The van der Waals surface area contributed by atoms with Crippen LogP contribution in [0, 0.1) is 6.92 Å². The SMILES string of the molecule is Cc1cc(CSc2cc(Cl)ccc2N)oc1C(=O)NN. The number of hydrogen-bond acceptors (Lipinski definition) is 5. The molecular formula is C13H14ClN3O2S. The molecule has 5 N–H and O–H groups in total. The maximum Gasteiger partial charge on any atom is 0.301 e. The Balaban J connectivity index is 2.11. The van der Waals surface area contributed by atoms with Crippen molar-refractivity contribution in [1.82, 2.24) is 5.43 Å². The molecule has 0 fully saturated rings. The largest absolute Gasteiger partial charge is 0.455 e. The Morgan fingerprint density at radius 2 is 2.20 bits per heavy atom. The number of nitrogens with one attached hydrogen (secondary N) is 1. The van der Waals surface area contributed by atoms with E-state index >= 15 is 0 Å². The fourth-order valence-corrected chi connectivity index (χ4v) is 2.81. The van der Waals surface area contributed by atoms with Gasteiger partial charge in [0.25, 0.3) is 0 Å². The molecule has 0 aliphatic carbocycles. The maximum absolute atomic E-state index is 11.4. The second kappa shape index (κ2) is 6.21. The van der Waals surface area contributed by atoms with E-state index in [0.717, 1.165) is 10.5 Å². The quantitative estimate of drug-likeness (QED) is 0.265. The highest BCUT2D eigenvalue weighted by molar-refractivity contribution is 7.98. The fraction of sp³-hybridized carbons (Fsp3) is 0.154. The second-order valence-corrected chi connectivity index (χ2v) is 5.62. The highest BCUT2D eigenvalue weighted by atomic mass is 35.5. The summed E-state index contributed by atoms with van der Waals surface area (Å²) in [6.45, 7) is 1.79. The Bertz CT molecular complexity index is 643. The van der Waals surface area contributed by atoms with E-state index in [9.17, 15) is 4.79 Å². The third-order valence-corrected chi connectivity index (χ3v) is 3.98. The number of hydrazine groups is 1. The molecule has 106 valence electrons. The molecule has 2 aromatic rings. The molecule has 0 aliphatic rings. The minimum Gasteiger partial charge on any atom is -0.455 e. The van der Waals surface area contributed by atoms with Crippen molar-refractivity contribution >= 4 is 35.0 Å². The van der Waals surface area contributed by atoms with Gasteiger partial charge in [0.15, 0.2) is 5.76 Å². The van der Waals surface area contributed by atoms with Gasteiger partial charge >= 0.3 is 5.91 Å². The van der Waals surface area contributed by atoms with Crippen LogP contribution in [0.15, 0.2) is 33.6 Å². The van der Waals surface area contributed by atoms with Crippen LogP contribution < -0.4 is 17.0 Å². The van der Waals surface area contributed by atoms with Crippen LogP contribution in [-0.4, -0.2) is 5.91 Å². The topological polar surface area (TPSA) is 94.3 Å². The Kier molecular flexibility index (Phi) is 4.59. The van der Waals surface area contributed by atoms with Crippen LogP contribution in [0.25, 0.3) is 0 Å². The minimum atomic E-state index is -0.444. The van der Waals surface area contributed by atoms with Crippen molar-refractivity contribution in [2.24, 2.45) is 5.84 Å². The smallest absolute Gasteiger partial charge is 0.301 e. The Labute approximate surface area is 125 Å². The van der Waals surface area contributed by atoms with Gasteiger partial charge in [0.05, 0.1) is 5.75 Å². The van der Waals surface area contributed by atoms with Gasteiger partial charge in [-0.05, 0) is 31.2 Å². The molecule has 1 aromatic carbocycles. The predicted octanol–water partition coefficient (Wildman–Crippen LogP) is 2.72. The summed E-state index contributed by atoms with van der Waals surface area (Å²) >= 11 is 7.42. The molecule has 1 heterocycles. The van der Waals surface area contributed by atoms with Gasteiger partial charge < -0.3 is 10.2 Å². The lowest BCUT2D eigenvalue weighted by molar-refractivity contribution is 0.0923. The van der Waals surface area contributed by atoms with Gasteiger partial charge in [-0.15, -0.1) is 11.8 Å². The normalized spacial score (nSPS) is 10.6. The zero-order chi connectivity index (χ0) is 14.7. The molecule has 5 nitrogen and oxygen atoms in total. The van der Waals surface area contributed by atoms with Gasteiger partial charge in [-0.25, -0.2) is 5.84 Å². The fourth-order valence-electron chi connectivity index (χ4n) is 1.69. The Morgan fingerprint density at radius 3 is 2.90 bits per heavy atom. The average molecular weight is 312 g/mol. The Morgan fingerprint density at radius 1 is 1.45 bits per heavy atom. The van der Waals surface area contributed by atoms with E-state index < -0.39 is 5.91 Å². The number of hydrogen-bond donors (Lipinski definition) is 3. The van der Waals surface area contributed by atoms with Gasteiger partial charge in [-0.2, -0.15) is 0 Å². The number of halogens is 1. The van der Waals surface area contributed by atoms with Crippen LogP contribution in [0.4, 0.5) is 5.69 Å². The van der Waals surface area contributed by atoms with Crippen LogP contribution in [0.3, 0.4) is 0 Å². The number of furan rings is 1. The molecule has 1 amide bonds. The van der Waals surface area contributed by atoms with Crippen LogP contribution in [-0.2, 0) is 5.75 Å². The van der Waals surface area contributed by atoms with E-state index in [-0.39, 0.29) is 5.76 Å². The van der Waals surface area contributed by atoms with Crippen molar-refractivity contribution in [3.05, 3.63) is 46.4 Å². The second-order valence-electron chi connectivity index (χ2n) is 4.17. The monoisotopic (exact) mass is 311 g/mol. The van der Waals surface area contributed by atoms with Crippen molar-refractivity contribution < 1.29 is 9.21 Å². The summed E-state index contributed by atoms with van der Waals surface area (Å²) in [5.74, 6) is 6.09. The first-order valence-corrected chi connectivity index (χ1v) is 7.15. The summed E-state index contributed by atoms with van der Waals surface area (Å²) in [4.78, 5) is 12.3.